The molecule has 1 fully saturated rings. The maximum absolute atomic E-state index is 11.7. The molecular weight excluding hydrogens is 288 g/mol. The zero-order valence-electron chi connectivity index (χ0n) is 8.96. The highest BCUT2D eigenvalue weighted by Gasteiger charge is 2.21. The van der Waals surface area contributed by atoms with Crippen molar-refractivity contribution in [3.05, 3.63) is 20.8 Å². The first kappa shape index (κ1) is 12.1. The minimum atomic E-state index is 0.176. The third-order valence-electron chi connectivity index (χ3n) is 2.72. The lowest BCUT2D eigenvalue weighted by Crippen LogP contribution is -2.33. The van der Waals surface area contributed by atoms with Crippen LogP contribution in [-0.4, -0.2) is 25.5 Å². The summed E-state index contributed by atoms with van der Waals surface area (Å²) in [5.41, 5.74) is 0. The Labute approximate surface area is 108 Å². The van der Waals surface area contributed by atoms with Gasteiger partial charge in [-0.05, 0) is 41.4 Å². The Morgan fingerprint density at radius 2 is 2.56 bits per heavy atom. The SMILES string of the molecule is O=C(NCCc1cc(Br)cs1)C1CCNC1. The van der Waals surface area contributed by atoms with Crippen LogP contribution in [0.2, 0.25) is 0 Å². The van der Waals surface area contributed by atoms with E-state index in [1.54, 1.807) is 11.3 Å². The molecule has 0 aliphatic carbocycles. The second kappa shape index (κ2) is 5.80. The molecule has 0 bridgehead atoms. The van der Waals surface area contributed by atoms with Crippen LogP contribution in [0, 0.1) is 5.92 Å². The minimum absolute atomic E-state index is 0.176. The van der Waals surface area contributed by atoms with Crippen LogP contribution in [0.3, 0.4) is 0 Å². The van der Waals surface area contributed by atoms with E-state index in [2.05, 4.69) is 38.0 Å². The lowest BCUT2D eigenvalue weighted by atomic mass is 10.1. The van der Waals surface area contributed by atoms with Crippen LogP contribution in [0.4, 0.5) is 0 Å². The first-order valence-electron chi connectivity index (χ1n) is 5.47. The van der Waals surface area contributed by atoms with Gasteiger partial charge in [0.25, 0.3) is 0 Å². The van der Waals surface area contributed by atoms with Crippen LogP contribution in [0.1, 0.15) is 11.3 Å². The molecular formula is C11H15BrN2OS. The van der Waals surface area contributed by atoms with Gasteiger partial charge in [0.1, 0.15) is 0 Å². The molecule has 1 aliphatic heterocycles. The highest BCUT2D eigenvalue weighted by atomic mass is 79.9. The third-order valence-corrected chi connectivity index (χ3v) is 4.48. The summed E-state index contributed by atoms with van der Waals surface area (Å²) >= 11 is 5.14. The molecule has 5 heteroatoms. The fourth-order valence-corrected chi connectivity index (χ4v) is 3.27. The van der Waals surface area contributed by atoms with Crippen molar-refractivity contribution in [2.45, 2.75) is 12.8 Å². The molecule has 2 heterocycles. The van der Waals surface area contributed by atoms with Gasteiger partial charge in [0.15, 0.2) is 0 Å². The van der Waals surface area contributed by atoms with E-state index in [0.717, 1.165) is 36.9 Å². The predicted octanol–water partition coefficient (Wildman–Crippen LogP) is 1.78. The lowest BCUT2D eigenvalue weighted by molar-refractivity contribution is -0.124. The van der Waals surface area contributed by atoms with Crippen molar-refractivity contribution in [2.24, 2.45) is 5.92 Å². The number of hydrogen-bond acceptors (Lipinski definition) is 3. The van der Waals surface area contributed by atoms with Crippen LogP contribution in [-0.2, 0) is 11.2 Å². The van der Waals surface area contributed by atoms with Crippen molar-refractivity contribution in [3.8, 4) is 0 Å². The minimum Gasteiger partial charge on any atom is -0.355 e. The van der Waals surface area contributed by atoms with Crippen molar-refractivity contribution in [3.63, 3.8) is 0 Å². The molecule has 0 spiro atoms. The first-order chi connectivity index (χ1) is 7.75. The van der Waals surface area contributed by atoms with Gasteiger partial charge in [-0.25, -0.2) is 0 Å². The number of nitrogens with one attached hydrogen (secondary N) is 2. The molecule has 3 nitrogen and oxygen atoms in total. The van der Waals surface area contributed by atoms with Gasteiger partial charge in [0.2, 0.25) is 5.91 Å². The highest BCUT2D eigenvalue weighted by Crippen LogP contribution is 2.19. The second-order valence-corrected chi connectivity index (χ2v) is 5.87. The van der Waals surface area contributed by atoms with E-state index >= 15 is 0 Å². The summed E-state index contributed by atoms with van der Waals surface area (Å²) in [5, 5.41) is 8.26. The molecule has 1 amide bonds. The van der Waals surface area contributed by atoms with E-state index in [1.807, 2.05) is 0 Å². The Morgan fingerprint density at radius 3 is 3.19 bits per heavy atom. The summed E-state index contributed by atoms with van der Waals surface area (Å²) in [6, 6.07) is 2.11. The fourth-order valence-electron chi connectivity index (χ4n) is 1.82. The van der Waals surface area contributed by atoms with Crippen LogP contribution in [0.25, 0.3) is 0 Å². The monoisotopic (exact) mass is 302 g/mol. The van der Waals surface area contributed by atoms with Crippen LogP contribution in [0.5, 0.6) is 0 Å². The van der Waals surface area contributed by atoms with E-state index < -0.39 is 0 Å². The van der Waals surface area contributed by atoms with Gasteiger partial charge in [0.05, 0.1) is 5.92 Å². The normalized spacial score (nSPS) is 19.9. The number of amides is 1. The molecule has 2 rings (SSSR count). The summed E-state index contributed by atoms with van der Waals surface area (Å²) in [6.45, 7) is 2.54. The number of hydrogen-bond donors (Lipinski definition) is 2. The van der Waals surface area contributed by atoms with Gasteiger partial charge < -0.3 is 10.6 Å². The zero-order chi connectivity index (χ0) is 11.4. The quantitative estimate of drug-likeness (QED) is 0.890. The van der Waals surface area contributed by atoms with Gasteiger partial charge in [-0.2, -0.15) is 0 Å². The Morgan fingerprint density at radius 1 is 1.69 bits per heavy atom. The smallest absolute Gasteiger partial charge is 0.224 e. The van der Waals surface area contributed by atoms with Crippen LogP contribution in [0.15, 0.2) is 15.9 Å². The molecule has 0 aromatic carbocycles. The molecule has 88 valence electrons. The summed E-state index contributed by atoms with van der Waals surface area (Å²) in [5.74, 6) is 0.371. The van der Waals surface area contributed by atoms with Gasteiger partial charge in [-0.3, -0.25) is 4.79 Å². The average molecular weight is 303 g/mol. The van der Waals surface area contributed by atoms with Crippen molar-refractivity contribution in [1.82, 2.24) is 10.6 Å². The predicted molar refractivity (Wildman–Crippen MR) is 69.7 cm³/mol. The Balaban J connectivity index is 1.69. The fraction of sp³-hybridized carbons (Fsp3) is 0.545. The zero-order valence-corrected chi connectivity index (χ0v) is 11.4. The van der Waals surface area contributed by atoms with Gasteiger partial charge in [-0.15, -0.1) is 11.3 Å². The Kier molecular flexibility index (Phi) is 4.37. The number of carbonyl (C=O) groups excluding carboxylic acids is 1. The molecule has 1 atom stereocenters. The van der Waals surface area contributed by atoms with Crippen LogP contribution >= 0.6 is 27.3 Å². The molecule has 0 radical (unpaired) electrons. The van der Waals surface area contributed by atoms with E-state index in [4.69, 9.17) is 0 Å². The summed E-state index contributed by atoms with van der Waals surface area (Å²) in [4.78, 5) is 13.0. The molecule has 0 saturated carbocycles. The maximum atomic E-state index is 11.7. The number of thiophene rings is 1. The molecule has 1 aromatic rings. The van der Waals surface area contributed by atoms with Gasteiger partial charge >= 0.3 is 0 Å². The summed E-state index contributed by atoms with van der Waals surface area (Å²) in [7, 11) is 0. The third kappa shape index (κ3) is 3.30. The molecule has 1 aliphatic rings. The summed E-state index contributed by atoms with van der Waals surface area (Å²) in [6.07, 6.45) is 1.89. The van der Waals surface area contributed by atoms with E-state index in [-0.39, 0.29) is 11.8 Å². The number of carbonyl (C=O) groups is 1. The van der Waals surface area contributed by atoms with Crippen molar-refractivity contribution in [2.75, 3.05) is 19.6 Å². The largest absolute Gasteiger partial charge is 0.355 e. The van der Waals surface area contributed by atoms with Crippen molar-refractivity contribution >= 4 is 33.2 Å². The lowest BCUT2D eigenvalue weighted by Gasteiger charge is -2.08. The van der Waals surface area contributed by atoms with Crippen molar-refractivity contribution in [1.29, 1.82) is 0 Å². The second-order valence-electron chi connectivity index (χ2n) is 3.96. The number of rotatable bonds is 4. The Hall–Kier alpha value is -0.390. The highest BCUT2D eigenvalue weighted by molar-refractivity contribution is 9.10. The molecule has 1 saturated heterocycles. The summed E-state index contributed by atoms with van der Waals surface area (Å²) < 4.78 is 1.12. The maximum Gasteiger partial charge on any atom is 0.224 e. The molecule has 16 heavy (non-hydrogen) atoms. The number of halogens is 1. The van der Waals surface area contributed by atoms with Crippen molar-refractivity contribution < 1.29 is 4.79 Å². The standard InChI is InChI=1S/C11H15BrN2OS/c12-9-5-10(16-7-9)2-4-14-11(15)8-1-3-13-6-8/h5,7-8,13H,1-4,6H2,(H,14,15). The van der Waals surface area contributed by atoms with E-state index in [9.17, 15) is 4.79 Å². The average Bonchev–Trinajstić information content (AvgIpc) is 2.89. The van der Waals surface area contributed by atoms with Gasteiger partial charge in [0, 0.05) is 27.8 Å². The first-order valence-corrected chi connectivity index (χ1v) is 7.14. The topological polar surface area (TPSA) is 41.1 Å². The van der Waals surface area contributed by atoms with Crippen LogP contribution < -0.4 is 10.6 Å². The van der Waals surface area contributed by atoms with Gasteiger partial charge in [-0.1, -0.05) is 0 Å². The molecule has 1 aromatic heterocycles. The van der Waals surface area contributed by atoms with E-state index in [1.165, 1.54) is 4.88 Å². The molecule has 2 N–H and O–H groups in total. The van der Waals surface area contributed by atoms with E-state index in [0.29, 0.717) is 0 Å². The molecule has 1 unspecified atom stereocenters. The Bertz CT molecular complexity index is 361.